The number of hydrogen-bond donors (Lipinski definition) is 2. The minimum Gasteiger partial charge on any atom is -0.455 e. The average molecular weight is 500 g/mol. The Morgan fingerprint density at radius 2 is 1.97 bits per heavy atom. The summed E-state index contributed by atoms with van der Waals surface area (Å²) in [6, 6.07) is 9.19. The van der Waals surface area contributed by atoms with E-state index < -0.39 is 23.0 Å². The Kier molecular flexibility index (Phi) is 6.10. The van der Waals surface area contributed by atoms with Crippen LogP contribution in [0.1, 0.15) is 34.7 Å². The molecule has 2 aromatic carbocycles. The van der Waals surface area contributed by atoms with E-state index in [9.17, 15) is 22.6 Å². The minimum atomic E-state index is -3.67. The number of carbonyl (C=O) groups is 1. The number of carbonyl (C=O) groups excluding carboxylic acids is 1. The van der Waals surface area contributed by atoms with Crippen molar-refractivity contribution in [1.82, 2.24) is 5.32 Å². The first kappa shape index (κ1) is 23.8. The summed E-state index contributed by atoms with van der Waals surface area (Å²) in [6.07, 6.45) is 3.34. The van der Waals surface area contributed by atoms with Gasteiger partial charge in [-0.1, -0.05) is 0 Å². The number of furan rings is 1. The van der Waals surface area contributed by atoms with Crippen molar-refractivity contribution in [3.05, 3.63) is 53.3 Å². The molecule has 5 rings (SSSR count). The van der Waals surface area contributed by atoms with E-state index in [0.717, 1.165) is 24.7 Å². The predicted molar refractivity (Wildman–Crippen MR) is 131 cm³/mol. The van der Waals surface area contributed by atoms with Crippen LogP contribution >= 0.6 is 0 Å². The van der Waals surface area contributed by atoms with Crippen LogP contribution in [0.5, 0.6) is 0 Å². The van der Waals surface area contributed by atoms with Crippen molar-refractivity contribution in [1.29, 1.82) is 0 Å². The molecule has 0 unspecified atom stereocenters. The molecule has 2 aliphatic rings. The van der Waals surface area contributed by atoms with Gasteiger partial charge in [0.05, 0.1) is 17.5 Å². The van der Waals surface area contributed by atoms with Gasteiger partial charge in [-0.15, -0.1) is 0 Å². The third-order valence-electron chi connectivity index (χ3n) is 6.57. The van der Waals surface area contributed by atoms with Crippen LogP contribution in [0, 0.1) is 11.7 Å². The Morgan fingerprint density at radius 1 is 1.26 bits per heavy atom. The maximum absolute atomic E-state index is 13.5. The van der Waals surface area contributed by atoms with Crippen LogP contribution in [0.2, 0.25) is 6.32 Å². The van der Waals surface area contributed by atoms with Gasteiger partial charge in [-0.2, -0.15) is 0 Å². The van der Waals surface area contributed by atoms with Gasteiger partial charge in [-0.05, 0) is 66.9 Å². The van der Waals surface area contributed by atoms with E-state index in [4.69, 9.17) is 9.07 Å². The van der Waals surface area contributed by atoms with Crippen LogP contribution in [-0.4, -0.2) is 52.9 Å². The molecule has 0 radical (unpaired) electrons. The van der Waals surface area contributed by atoms with Crippen molar-refractivity contribution >= 4 is 39.7 Å². The van der Waals surface area contributed by atoms with E-state index in [0.29, 0.717) is 34.1 Å². The fraction of sp³-hybridized carbons (Fsp3) is 0.375. The van der Waals surface area contributed by atoms with Gasteiger partial charge in [-0.25, -0.2) is 12.8 Å². The normalized spacial score (nSPS) is 18.3. The molecule has 2 heterocycles. The molecule has 11 heteroatoms. The molecular formula is C24H26BFN2O6S. The fourth-order valence-corrected chi connectivity index (χ4v) is 5.68. The molecular weight excluding hydrogens is 474 g/mol. The maximum atomic E-state index is 13.5. The van der Waals surface area contributed by atoms with Gasteiger partial charge in [0, 0.05) is 37.2 Å². The Labute approximate surface area is 203 Å². The van der Waals surface area contributed by atoms with Gasteiger partial charge in [0.2, 0.25) is 10.0 Å². The van der Waals surface area contributed by atoms with E-state index in [-0.39, 0.29) is 36.7 Å². The highest BCUT2D eigenvalue weighted by Gasteiger charge is 2.36. The highest BCUT2D eigenvalue weighted by molar-refractivity contribution is 7.92. The van der Waals surface area contributed by atoms with E-state index in [1.165, 1.54) is 35.6 Å². The van der Waals surface area contributed by atoms with E-state index in [1.807, 2.05) is 6.07 Å². The molecule has 184 valence electrons. The number of halogens is 1. The topological polar surface area (TPSA) is 109 Å². The highest BCUT2D eigenvalue weighted by atomic mass is 32.2. The van der Waals surface area contributed by atoms with Gasteiger partial charge >= 0.3 is 7.12 Å². The number of benzene rings is 2. The van der Waals surface area contributed by atoms with Crippen molar-refractivity contribution in [2.24, 2.45) is 5.92 Å². The summed E-state index contributed by atoms with van der Waals surface area (Å²) in [4.78, 5) is 12.9. The summed E-state index contributed by atoms with van der Waals surface area (Å²) >= 11 is 0. The zero-order valence-corrected chi connectivity index (χ0v) is 20.3. The number of anilines is 1. The summed E-state index contributed by atoms with van der Waals surface area (Å²) in [7, 11) is -3.04. The van der Waals surface area contributed by atoms with Gasteiger partial charge < -0.3 is 19.4 Å². The van der Waals surface area contributed by atoms with Crippen LogP contribution in [0.3, 0.4) is 0 Å². The first-order chi connectivity index (χ1) is 16.7. The van der Waals surface area contributed by atoms with Crippen molar-refractivity contribution in [3.8, 4) is 11.3 Å². The van der Waals surface area contributed by atoms with Gasteiger partial charge in [0.1, 0.15) is 17.2 Å². The largest absolute Gasteiger partial charge is 0.455 e. The lowest BCUT2D eigenvalue weighted by Gasteiger charge is -2.27. The second kappa shape index (κ2) is 8.96. The molecule has 1 aromatic heterocycles. The summed E-state index contributed by atoms with van der Waals surface area (Å²) in [5.41, 5.74) is 2.55. The van der Waals surface area contributed by atoms with E-state index >= 15 is 0 Å². The van der Waals surface area contributed by atoms with Gasteiger partial charge in [0.25, 0.3) is 5.91 Å². The van der Waals surface area contributed by atoms with Crippen LogP contribution in [0.15, 0.2) is 40.8 Å². The predicted octanol–water partition coefficient (Wildman–Crippen LogP) is 3.37. The Bertz CT molecular complexity index is 1390. The molecule has 35 heavy (non-hydrogen) atoms. The molecule has 1 aliphatic carbocycles. The van der Waals surface area contributed by atoms with Crippen LogP contribution < -0.4 is 9.62 Å². The number of amides is 1. The molecule has 8 nitrogen and oxygen atoms in total. The van der Waals surface area contributed by atoms with Crippen molar-refractivity contribution in [3.63, 3.8) is 0 Å². The van der Waals surface area contributed by atoms with Gasteiger partial charge in [-0.3, -0.25) is 9.10 Å². The average Bonchev–Trinajstić information content (AvgIpc) is 3.47. The third kappa shape index (κ3) is 4.67. The molecule has 2 fully saturated rings. The summed E-state index contributed by atoms with van der Waals surface area (Å²) in [5.74, 6) is -0.457. The molecule has 0 spiro atoms. The molecule has 1 saturated heterocycles. The number of rotatable bonds is 7. The lowest BCUT2D eigenvalue weighted by atomic mass is 9.82. The minimum absolute atomic E-state index is 0.157. The molecule has 1 saturated carbocycles. The first-order valence-corrected chi connectivity index (χ1v) is 13.4. The third-order valence-corrected chi connectivity index (χ3v) is 7.71. The zero-order valence-electron chi connectivity index (χ0n) is 19.5. The Hall–Kier alpha value is -2.89. The molecule has 0 bridgehead atoms. The van der Waals surface area contributed by atoms with Crippen LogP contribution in [0.4, 0.5) is 10.1 Å². The lowest BCUT2D eigenvalue weighted by molar-refractivity contribution is 0.0964. The van der Waals surface area contributed by atoms with Crippen molar-refractivity contribution in [2.45, 2.75) is 25.1 Å². The Balaban J connectivity index is 1.69. The second-order valence-corrected chi connectivity index (χ2v) is 11.2. The fourth-order valence-electron chi connectivity index (χ4n) is 4.68. The smallest absolute Gasteiger partial charge is 0.454 e. The maximum Gasteiger partial charge on any atom is 0.454 e. The quantitative estimate of drug-likeness (QED) is 0.482. The van der Waals surface area contributed by atoms with E-state index in [1.54, 1.807) is 6.07 Å². The van der Waals surface area contributed by atoms with Crippen molar-refractivity contribution in [2.75, 3.05) is 30.8 Å². The molecule has 3 aromatic rings. The first-order valence-electron chi connectivity index (χ1n) is 11.5. The SMILES string of the molecule is CNC(=O)c1c(-c2ccc(F)cc2)oc2cc(N(C[C@H]3COB(O)C3)S(C)(=O)=O)c(C3CC3)cc12. The summed E-state index contributed by atoms with van der Waals surface area (Å²) in [5, 5.41) is 13.0. The highest BCUT2D eigenvalue weighted by Crippen LogP contribution is 2.48. The number of hydrogen-bond acceptors (Lipinski definition) is 6. The molecule has 1 aliphatic heterocycles. The summed E-state index contributed by atoms with van der Waals surface area (Å²) < 4.78 is 52.1. The Morgan fingerprint density at radius 3 is 2.54 bits per heavy atom. The number of sulfonamides is 1. The number of nitrogens with zero attached hydrogens (tertiary/aromatic N) is 1. The number of nitrogens with one attached hydrogen (secondary N) is 1. The van der Waals surface area contributed by atoms with Crippen LogP contribution in [-0.2, 0) is 14.7 Å². The molecule has 1 amide bonds. The van der Waals surface area contributed by atoms with E-state index in [2.05, 4.69) is 5.32 Å². The van der Waals surface area contributed by atoms with Crippen molar-refractivity contribution < 1.29 is 31.7 Å². The number of fused-ring (bicyclic) bond motifs is 1. The van der Waals surface area contributed by atoms with Gasteiger partial charge in [0.15, 0.2) is 0 Å². The molecule has 2 N–H and O–H groups in total. The summed E-state index contributed by atoms with van der Waals surface area (Å²) in [6.45, 7) is 0.430. The standard InChI is InChI=1S/C24H26BFN2O6S/c1-27-24(29)22-19-9-18(15-3-4-15)20(28(35(2,31)32)12-14-11-25(30)33-13-14)10-21(19)34-23(22)16-5-7-17(26)8-6-16/h5-10,14-15,30H,3-4,11-13H2,1-2H3,(H,27,29)/t14-/m0/s1. The molecule has 1 atom stereocenters. The second-order valence-electron chi connectivity index (χ2n) is 9.26. The monoisotopic (exact) mass is 500 g/mol. The van der Waals surface area contributed by atoms with Crippen LogP contribution in [0.25, 0.3) is 22.3 Å². The lowest BCUT2D eigenvalue weighted by Crippen LogP contribution is -2.35. The zero-order chi connectivity index (χ0) is 24.9.